The van der Waals surface area contributed by atoms with Crippen LogP contribution in [0, 0.1) is 0 Å². The fraction of sp³-hybridized carbons (Fsp3) is 0.174. The molecule has 0 fully saturated rings. The molecular formula is C23H21ClN2O. The van der Waals surface area contributed by atoms with Gasteiger partial charge in [0.05, 0.1) is 17.6 Å². The Morgan fingerprint density at radius 3 is 2.56 bits per heavy atom. The lowest BCUT2D eigenvalue weighted by Gasteiger charge is -2.11. The molecule has 27 heavy (non-hydrogen) atoms. The highest BCUT2D eigenvalue weighted by molar-refractivity contribution is 6.30. The van der Waals surface area contributed by atoms with Crippen LogP contribution in [0.5, 0.6) is 5.75 Å². The number of halogens is 1. The Bertz CT molecular complexity index is 1050. The van der Waals surface area contributed by atoms with Crippen LogP contribution in [0.4, 0.5) is 0 Å². The summed E-state index contributed by atoms with van der Waals surface area (Å²) in [4.78, 5) is 4.82. The first kappa shape index (κ1) is 17.6. The lowest BCUT2D eigenvalue weighted by molar-refractivity contribution is 0.301. The van der Waals surface area contributed by atoms with Gasteiger partial charge in [0, 0.05) is 10.6 Å². The van der Waals surface area contributed by atoms with Crippen molar-refractivity contribution in [2.75, 3.05) is 6.61 Å². The zero-order valence-corrected chi connectivity index (χ0v) is 16.0. The van der Waals surface area contributed by atoms with Crippen molar-refractivity contribution in [3.8, 4) is 17.1 Å². The molecule has 0 bridgehead atoms. The van der Waals surface area contributed by atoms with Gasteiger partial charge in [0.2, 0.25) is 0 Å². The lowest BCUT2D eigenvalue weighted by Crippen LogP contribution is -2.09. The van der Waals surface area contributed by atoms with E-state index in [0.717, 1.165) is 34.6 Å². The van der Waals surface area contributed by atoms with Crippen molar-refractivity contribution in [1.29, 1.82) is 0 Å². The SMILES string of the molecule is CCc1ccc(OCCn2c(-c3cccc(Cl)c3)nc3ccccc32)cc1. The molecule has 0 unspecified atom stereocenters. The molecule has 0 atom stereocenters. The second kappa shape index (κ2) is 7.85. The zero-order valence-electron chi connectivity index (χ0n) is 15.2. The van der Waals surface area contributed by atoms with E-state index < -0.39 is 0 Å². The highest BCUT2D eigenvalue weighted by Crippen LogP contribution is 2.26. The van der Waals surface area contributed by atoms with Crippen LogP contribution in [-0.4, -0.2) is 16.2 Å². The van der Waals surface area contributed by atoms with Crippen molar-refractivity contribution in [3.63, 3.8) is 0 Å². The quantitative estimate of drug-likeness (QED) is 0.412. The number of benzene rings is 3. The normalized spacial score (nSPS) is 11.0. The van der Waals surface area contributed by atoms with Crippen molar-refractivity contribution in [1.82, 2.24) is 9.55 Å². The molecule has 4 rings (SSSR count). The van der Waals surface area contributed by atoms with Gasteiger partial charge in [-0.25, -0.2) is 4.98 Å². The van der Waals surface area contributed by atoms with E-state index in [1.807, 2.05) is 54.6 Å². The van der Waals surface area contributed by atoms with Crippen molar-refractivity contribution >= 4 is 22.6 Å². The standard InChI is InChI=1S/C23H21ClN2O/c1-2-17-10-12-20(13-11-17)27-15-14-26-22-9-4-3-8-21(22)25-23(26)18-6-5-7-19(24)16-18/h3-13,16H,2,14-15H2,1H3. The summed E-state index contributed by atoms with van der Waals surface area (Å²) in [5.74, 6) is 1.80. The number of aromatic nitrogens is 2. The van der Waals surface area contributed by atoms with Crippen LogP contribution in [0.3, 0.4) is 0 Å². The van der Waals surface area contributed by atoms with Crippen LogP contribution in [0.15, 0.2) is 72.8 Å². The first-order chi connectivity index (χ1) is 13.2. The van der Waals surface area contributed by atoms with Gasteiger partial charge in [-0.1, -0.05) is 54.9 Å². The number of imidazole rings is 1. The van der Waals surface area contributed by atoms with Crippen LogP contribution in [0.25, 0.3) is 22.4 Å². The van der Waals surface area contributed by atoms with Crippen molar-refractivity contribution < 1.29 is 4.74 Å². The van der Waals surface area contributed by atoms with Crippen LogP contribution in [-0.2, 0) is 13.0 Å². The molecule has 4 aromatic rings. The maximum Gasteiger partial charge on any atom is 0.141 e. The zero-order chi connectivity index (χ0) is 18.6. The van der Waals surface area contributed by atoms with Crippen molar-refractivity contribution in [3.05, 3.63) is 83.4 Å². The molecule has 0 saturated heterocycles. The molecule has 0 aliphatic heterocycles. The minimum Gasteiger partial charge on any atom is -0.492 e. The molecule has 0 saturated carbocycles. The summed E-state index contributed by atoms with van der Waals surface area (Å²) in [5, 5.41) is 0.707. The molecule has 3 aromatic carbocycles. The molecule has 4 heteroatoms. The van der Waals surface area contributed by atoms with E-state index in [2.05, 4.69) is 29.7 Å². The second-order valence-corrected chi connectivity index (χ2v) is 6.87. The van der Waals surface area contributed by atoms with Crippen molar-refractivity contribution in [2.45, 2.75) is 19.9 Å². The maximum atomic E-state index is 6.19. The predicted octanol–water partition coefficient (Wildman–Crippen LogP) is 6.00. The summed E-state index contributed by atoms with van der Waals surface area (Å²) < 4.78 is 8.16. The summed E-state index contributed by atoms with van der Waals surface area (Å²) in [6.07, 6.45) is 1.03. The minimum absolute atomic E-state index is 0.569. The first-order valence-corrected chi connectivity index (χ1v) is 9.55. The molecular weight excluding hydrogens is 356 g/mol. The Balaban J connectivity index is 1.60. The van der Waals surface area contributed by atoms with E-state index in [1.165, 1.54) is 5.56 Å². The Morgan fingerprint density at radius 1 is 0.963 bits per heavy atom. The molecule has 0 amide bonds. The summed E-state index contributed by atoms with van der Waals surface area (Å²) >= 11 is 6.19. The number of aryl methyl sites for hydroxylation is 1. The van der Waals surface area contributed by atoms with E-state index in [1.54, 1.807) is 0 Å². The van der Waals surface area contributed by atoms with Crippen LogP contribution >= 0.6 is 11.6 Å². The molecule has 0 spiro atoms. The lowest BCUT2D eigenvalue weighted by atomic mass is 10.2. The third-order valence-electron chi connectivity index (χ3n) is 4.65. The fourth-order valence-electron chi connectivity index (χ4n) is 3.23. The Kier molecular flexibility index (Phi) is 5.12. The number of rotatable bonds is 6. The Hall–Kier alpha value is -2.78. The molecule has 0 N–H and O–H groups in total. The van der Waals surface area contributed by atoms with Gasteiger partial charge in [-0.2, -0.15) is 0 Å². The third-order valence-corrected chi connectivity index (χ3v) is 4.89. The van der Waals surface area contributed by atoms with Gasteiger partial charge in [0.1, 0.15) is 18.2 Å². The van der Waals surface area contributed by atoms with Crippen LogP contribution < -0.4 is 4.74 Å². The van der Waals surface area contributed by atoms with E-state index in [-0.39, 0.29) is 0 Å². The predicted molar refractivity (Wildman–Crippen MR) is 111 cm³/mol. The molecule has 1 heterocycles. The first-order valence-electron chi connectivity index (χ1n) is 9.17. The summed E-state index contributed by atoms with van der Waals surface area (Å²) in [6, 6.07) is 24.3. The van der Waals surface area contributed by atoms with Gasteiger partial charge in [0.25, 0.3) is 0 Å². The number of hydrogen-bond acceptors (Lipinski definition) is 2. The second-order valence-electron chi connectivity index (χ2n) is 6.43. The smallest absolute Gasteiger partial charge is 0.141 e. The van der Waals surface area contributed by atoms with E-state index in [4.69, 9.17) is 21.3 Å². The van der Waals surface area contributed by atoms with Gasteiger partial charge in [0.15, 0.2) is 0 Å². The van der Waals surface area contributed by atoms with Gasteiger partial charge < -0.3 is 9.30 Å². The van der Waals surface area contributed by atoms with E-state index >= 15 is 0 Å². The molecule has 0 aliphatic rings. The molecule has 0 radical (unpaired) electrons. The number of fused-ring (bicyclic) bond motifs is 1. The minimum atomic E-state index is 0.569. The van der Waals surface area contributed by atoms with Crippen LogP contribution in [0.1, 0.15) is 12.5 Å². The number of nitrogens with zero attached hydrogens (tertiary/aromatic N) is 2. The molecule has 3 nitrogen and oxygen atoms in total. The monoisotopic (exact) mass is 376 g/mol. The fourth-order valence-corrected chi connectivity index (χ4v) is 3.42. The summed E-state index contributed by atoms with van der Waals surface area (Å²) in [7, 11) is 0. The number of hydrogen-bond donors (Lipinski definition) is 0. The number of ether oxygens (including phenoxy) is 1. The Morgan fingerprint density at radius 2 is 1.78 bits per heavy atom. The average Bonchev–Trinajstić information content (AvgIpc) is 3.07. The molecule has 0 aliphatic carbocycles. The molecule has 1 aromatic heterocycles. The molecule has 136 valence electrons. The highest BCUT2D eigenvalue weighted by atomic mass is 35.5. The summed E-state index contributed by atoms with van der Waals surface area (Å²) in [6.45, 7) is 3.43. The van der Waals surface area contributed by atoms with E-state index in [0.29, 0.717) is 18.2 Å². The number of para-hydroxylation sites is 2. The summed E-state index contributed by atoms with van der Waals surface area (Å²) in [5.41, 5.74) is 4.38. The van der Waals surface area contributed by atoms with Gasteiger partial charge in [-0.05, 0) is 48.4 Å². The van der Waals surface area contributed by atoms with Crippen molar-refractivity contribution in [2.24, 2.45) is 0 Å². The van der Waals surface area contributed by atoms with Crippen LogP contribution in [0.2, 0.25) is 5.02 Å². The van der Waals surface area contributed by atoms with E-state index in [9.17, 15) is 0 Å². The third kappa shape index (κ3) is 3.83. The average molecular weight is 377 g/mol. The van der Waals surface area contributed by atoms with Gasteiger partial charge in [-0.3, -0.25) is 0 Å². The maximum absolute atomic E-state index is 6.19. The topological polar surface area (TPSA) is 27.1 Å². The van der Waals surface area contributed by atoms with Gasteiger partial charge >= 0.3 is 0 Å². The van der Waals surface area contributed by atoms with Gasteiger partial charge in [-0.15, -0.1) is 0 Å². The highest BCUT2D eigenvalue weighted by Gasteiger charge is 2.12. The largest absolute Gasteiger partial charge is 0.492 e. The Labute approximate surface area is 164 Å².